The summed E-state index contributed by atoms with van der Waals surface area (Å²) in [6.45, 7) is 5.97. The zero-order valence-corrected chi connectivity index (χ0v) is 15.3. The number of para-hydroxylation sites is 1. The van der Waals surface area contributed by atoms with Crippen molar-refractivity contribution in [2.24, 2.45) is 0 Å². The van der Waals surface area contributed by atoms with Gasteiger partial charge in [0.2, 0.25) is 0 Å². The van der Waals surface area contributed by atoms with Crippen molar-refractivity contribution in [2.45, 2.75) is 26.8 Å². The lowest BCUT2D eigenvalue weighted by atomic mass is 10.1. The zero-order valence-electron chi connectivity index (χ0n) is 13.8. The number of hydrogen-bond acceptors (Lipinski definition) is 1. The number of hydrogen-bond donors (Lipinski definition) is 2. The predicted molar refractivity (Wildman–Crippen MR) is 96.2 cm³/mol. The molecule has 0 aromatic heterocycles. The highest BCUT2D eigenvalue weighted by atomic mass is 35.5. The summed E-state index contributed by atoms with van der Waals surface area (Å²) in [7, 11) is 0. The van der Waals surface area contributed by atoms with Crippen molar-refractivity contribution >= 4 is 34.8 Å². The van der Waals surface area contributed by atoms with Crippen LogP contribution < -0.4 is 10.6 Å². The van der Waals surface area contributed by atoms with E-state index >= 15 is 0 Å². The van der Waals surface area contributed by atoms with Gasteiger partial charge in [-0.25, -0.2) is 4.39 Å². The van der Waals surface area contributed by atoms with Gasteiger partial charge in [0, 0.05) is 11.3 Å². The van der Waals surface area contributed by atoms with E-state index in [1.54, 1.807) is 5.32 Å². The minimum Gasteiger partial charge on any atom is -0.332 e. The third-order valence-electron chi connectivity index (χ3n) is 3.93. The first-order chi connectivity index (χ1) is 11.3. The predicted octanol–water partition coefficient (Wildman–Crippen LogP) is 4.01. The maximum absolute atomic E-state index is 13.6. The van der Waals surface area contributed by atoms with Crippen LogP contribution in [0, 0.1) is 19.7 Å². The first kappa shape index (κ1) is 18.7. The van der Waals surface area contributed by atoms with Crippen molar-refractivity contribution in [3.63, 3.8) is 0 Å². The maximum Gasteiger partial charge on any atom is 0.279 e. The topological polar surface area (TPSA) is 45.7 Å². The van der Waals surface area contributed by atoms with Gasteiger partial charge in [-0.1, -0.05) is 41.4 Å². The average molecular weight is 370 g/mol. The fraction of sp³-hybridized carbons (Fsp3) is 0.278. The lowest BCUT2D eigenvalue weighted by Gasteiger charge is -2.14. The molecule has 2 aromatic rings. The Morgan fingerprint density at radius 1 is 1.21 bits per heavy atom. The zero-order chi connectivity index (χ0) is 17.9. The van der Waals surface area contributed by atoms with Crippen molar-refractivity contribution in [1.29, 1.82) is 0 Å². The molecule has 3 N–H and O–H groups in total. The Morgan fingerprint density at radius 2 is 1.83 bits per heavy atom. The molecule has 0 saturated carbocycles. The number of benzene rings is 2. The van der Waals surface area contributed by atoms with Gasteiger partial charge in [0.25, 0.3) is 5.91 Å². The van der Waals surface area contributed by atoms with Crippen LogP contribution in [0.5, 0.6) is 0 Å². The number of carbonyl (C=O) groups is 1. The van der Waals surface area contributed by atoms with Gasteiger partial charge in [0.05, 0.1) is 10.0 Å². The molecule has 2 rings (SSSR count). The Labute approximate surface area is 151 Å². The molecule has 0 aliphatic rings. The van der Waals surface area contributed by atoms with Gasteiger partial charge >= 0.3 is 0 Å². The Kier molecular flexibility index (Phi) is 6.21. The summed E-state index contributed by atoms with van der Waals surface area (Å²) in [6.07, 6.45) is 0. The summed E-state index contributed by atoms with van der Waals surface area (Å²) in [4.78, 5) is 12.2. The standard InChI is InChI=1S/C18H19Cl2FN2O/c1-10-5-4-6-11(2)18(10)23-17(24)9-22-12(3)13-7-16(21)15(20)8-14(13)19/h4-8,12,22H,9H2,1-3H3,(H,23,24)/p+1/t12-/m0/s1. The molecule has 1 amide bonds. The van der Waals surface area contributed by atoms with Crippen LogP contribution in [0.15, 0.2) is 30.3 Å². The highest BCUT2D eigenvalue weighted by Crippen LogP contribution is 2.27. The first-order valence-electron chi connectivity index (χ1n) is 7.63. The molecule has 0 bridgehead atoms. The molecular formula is C18H20Cl2FN2O+. The monoisotopic (exact) mass is 369 g/mol. The minimum atomic E-state index is -0.517. The van der Waals surface area contributed by atoms with Crippen LogP contribution in [0.25, 0.3) is 0 Å². The quantitative estimate of drug-likeness (QED) is 0.768. The number of rotatable bonds is 5. The molecule has 2 aromatic carbocycles. The molecule has 0 spiro atoms. The Morgan fingerprint density at radius 3 is 2.46 bits per heavy atom. The van der Waals surface area contributed by atoms with Crippen molar-refractivity contribution in [2.75, 3.05) is 11.9 Å². The third kappa shape index (κ3) is 4.47. The van der Waals surface area contributed by atoms with E-state index in [1.807, 2.05) is 39.0 Å². The number of quaternary nitrogens is 1. The highest BCUT2D eigenvalue weighted by molar-refractivity contribution is 6.35. The van der Waals surface area contributed by atoms with E-state index in [9.17, 15) is 9.18 Å². The molecule has 3 nitrogen and oxygen atoms in total. The van der Waals surface area contributed by atoms with E-state index in [0.29, 0.717) is 10.6 Å². The van der Waals surface area contributed by atoms with Gasteiger partial charge in [-0.15, -0.1) is 0 Å². The van der Waals surface area contributed by atoms with Crippen LogP contribution in [-0.4, -0.2) is 12.5 Å². The summed E-state index contributed by atoms with van der Waals surface area (Å²) >= 11 is 11.8. The van der Waals surface area contributed by atoms with Gasteiger partial charge in [0.15, 0.2) is 6.54 Å². The van der Waals surface area contributed by atoms with Crippen molar-refractivity contribution in [3.05, 3.63) is 62.9 Å². The molecule has 128 valence electrons. The first-order valence-corrected chi connectivity index (χ1v) is 8.39. The number of amides is 1. The molecule has 0 saturated heterocycles. The smallest absolute Gasteiger partial charge is 0.279 e. The number of halogens is 3. The van der Waals surface area contributed by atoms with E-state index in [-0.39, 0.29) is 23.5 Å². The largest absolute Gasteiger partial charge is 0.332 e. The molecule has 6 heteroatoms. The van der Waals surface area contributed by atoms with Crippen LogP contribution in [0.2, 0.25) is 10.0 Å². The summed E-state index contributed by atoms with van der Waals surface area (Å²) in [5.41, 5.74) is 3.47. The summed E-state index contributed by atoms with van der Waals surface area (Å²) in [5.74, 6) is -0.638. The molecule has 0 aliphatic heterocycles. The van der Waals surface area contributed by atoms with Crippen molar-refractivity contribution < 1.29 is 14.5 Å². The number of nitrogens with two attached hydrogens (primary N) is 1. The van der Waals surface area contributed by atoms with E-state index in [0.717, 1.165) is 16.8 Å². The maximum atomic E-state index is 13.6. The Hall–Kier alpha value is -1.62. The van der Waals surface area contributed by atoms with E-state index in [1.165, 1.54) is 12.1 Å². The fourth-order valence-electron chi connectivity index (χ4n) is 2.50. The summed E-state index contributed by atoms with van der Waals surface area (Å²) < 4.78 is 13.6. The third-order valence-corrected chi connectivity index (χ3v) is 4.55. The van der Waals surface area contributed by atoms with Crippen LogP contribution in [0.1, 0.15) is 29.7 Å². The second-order valence-corrected chi connectivity index (χ2v) is 6.65. The van der Waals surface area contributed by atoms with E-state index in [4.69, 9.17) is 23.2 Å². The van der Waals surface area contributed by atoms with Crippen LogP contribution >= 0.6 is 23.2 Å². The molecule has 1 atom stereocenters. The lowest BCUT2D eigenvalue weighted by molar-refractivity contribution is -0.682. The van der Waals surface area contributed by atoms with Gasteiger partial charge < -0.3 is 10.6 Å². The highest BCUT2D eigenvalue weighted by Gasteiger charge is 2.17. The van der Waals surface area contributed by atoms with Crippen molar-refractivity contribution in [1.82, 2.24) is 0 Å². The van der Waals surface area contributed by atoms with Gasteiger partial charge in [-0.2, -0.15) is 0 Å². The molecule has 0 aliphatic carbocycles. The van der Waals surface area contributed by atoms with Crippen LogP contribution in [0.3, 0.4) is 0 Å². The Bertz CT molecular complexity index is 745. The molecule has 0 fully saturated rings. The molecular weight excluding hydrogens is 350 g/mol. The minimum absolute atomic E-state index is 0.0104. The van der Waals surface area contributed by atoms with Crippen LogP contribution in [0.4, 0.5) is 10.1 Å². The second kappa shape index (κ2) is 7.97. The van der Waals surface area contributed by atoms with Gasteiger partial charge in [-0.05, 0) is 44.0 Å². The fourth-order valence-corrected chi connectivity index (χ4v) is 3.06. The summed E-state index contributed by atoms with van der Waals surface area (Å²) in [6, 6.07) is 8.37. The van der Waals surface area contributed by atoms with Crippen LogP contribution in [-0.2, 0) is 4.79 Å². The average Bonchev–Trinajstić information content (AvgIpc) is 2.52. The van der Waals surface area contributed by atoms with Crippen molar-refractivity contribution in [3.8, 4) is 0 Å². The SMILES string of the molecule is Cc1cccc(C)c1NC(=O)C[NH2+][C@@H](C)c1cc(F)c(Cl)cc1Cl. The number of carbonyl (C=O) groups excluding carboxylic acids is 1. The van der Waals surface area contributed by atoms with E-state index < -0.39 is 5.82 Å². The second-order valence-electron chi connectivity index (χ2n) is 5.83. The van der Waals surface area contributed by atoms with Gasteiger partial charge in [0.1, 0.15) is 11.9 Å². The number of aryl methyl sites for hydroxylation is 2. The van der Waals surface area contributed by atoms with E-state index in [2.05, 4.69) is 5.32 Å². The molecule has 0 unspecified atom stereocenters. The van der Waals surface area contributed by atoms with Gasteiger partial charge in [-0.3, -0.25) is 4.79 Å². The molecule has 24 heavy (non-hydrogen) atoms. The number of nitrogens with one attached hydrogen (secondary N) is 1. The normalized spacial score (nSPS) is 12.1. The number of anilines is 1. The molecule has 0 radical (unpaired) electrons. The Balaban J connectivity index is 2.00. The summed E-state index contributed by atoms with van der Waals surface area (Å²) in [5, 5.41) is 5.10. The lowest BCUT2D eigenvalue weighted by Crippen LogP contribution is -2.86. The molecule has 0 heterocycles.